The first-order valence-corrected chi connectivity index (χ1v) is 7.59. The van der Waals surface area contributed by atoms with Crippen LogP contribution in [0.15, 0.2) is 28.7 Å². The van der Waals surface area contributed by atoms with E-state index >= 15 is 0 Å². The van der Waals surface area contributed by atoms with Gasteiger partial charge in [0.15, 0.2) is 0 Å². The van der Waals surface area contributed by atoms with Gasteiger partial charge in [0.1, 0.15) is 5.54 Å². The molecule has 1 saturated carbocycles. The van der Waals surface area contributed by atoms with Gasteiger partial charge in [0, 0.05) is 10.2 Å². The lowest BCUT2D eigenvalue weighted by Gasteiger charge is -2.44. The van der Waals surface area contributed by atoms with Crippen molar-refractivity contribution in [2.45, 2.75) is 45.6 Å². The molecule has 2 rings (SSSR count). The topological polar surface area (TPSA) is 35.8 Å². The highest BCUT2D eigenvalue weighted by Gasteiger charge is 2.43. The van der Waals surface area contributed by atoms with E-state index in [2.05, 4.69) is 48.1 Å². The second-order valence-corrected chi connectivity index (χ2v) is 7.60. The van der Waals surface area contributed by atoms with Gasteiger partial charge < -0.3 is 5.32 Å². The Bertz CT molecular complexity index is 486. The van der Waals surface area contributed by atoms with Crippen molar-refractivity contribution in [1.29, 1.82) is 5.26 Å². The van der Waals surface area contributed by atoms with E-state index in [1.54, 1.807) is 0 Å². The van der Waals surface area contributed by atoms with Crippen LogP contribution in [-0.2, 0) is 0 Å². The molecular formula is C16H21BrN2. The minimum absolute atomic E-state index is 0.218. The Morgan fingerprint density at radius 3 is 2.42 bits per heavy atom. The van der Waals surface area contributed by atoms with Crippen molar-refractivity contribution < 1.29 is 0 Å². The average Bonchev–Trinajstić information content (AvgIpc) is 2.29. The first kappa shape index (κ1) is 14.4. The molecule has 0 saturated heterocycles. The molecule has 1 N–H and O–H groups in total. The number of hydrogen-bond acceptors (Lipinski definition) is 2. The summed E-state index contributed by atoms with van der Waals surface area (Å²) in [5.74, 6) is 0.575. The molecule has 1 fully saturated rings. The first-order chi connectivity index (χ1) is 8.84. The monoisotopic (exact) mass is 320 g/mol. The van der Waals surface area contributed by atoms with Crippen molar-refractivity contribution in [1.82, 2.24) is 0 Å². The number of nitrogens with zero attached hydrogens (tertiary/aromatic N) is 1. The van der Waals surface area contributed by atoms with Crippen molar-refractivity contribution in [3.05, 3.63) is 28.7 Å². The second-order valence-electron chi connectivity index (χ2n) is 6.68. The lowest BCUT2D eigenvalue weighted by atomic mass is 9.64. The minimum atomic E-state index is -0.436. The van der Waals surface area contributed by atoms with Crippen LogP contribution in [0.5, 0.6) is 0 Å². The van der Waals surface area contributed by atoms with Gasteiger partial charge in [-0.3, -0.25) is 0 Å². The Balaban J connectivity index is 2.23. The highest BCUT2D eigenvalue weighted by Crippen LogP contribution is 2.45. The molecule has 0 amide bonds. The van der Waals surface area contributed by atoms with Gasteiger partial charge in [-0.05, 0) is 54.9 Å². The van der Waals surface area contributed by atoms with Gasteiger partial charge >= 0.3 is 0 Å². The average molecular weight is 321 g/mol. The van der Waals surface area contributed by atoms with E-state index in [9.17, 15) is 5.26 Å². The second kappa shape index (κ2) is 5.17. The normalized spacial score (nSPS) is 29.5. The van der Waals surface area contributed by atoms with Crippen LogP contribution >= 0.6 is 15.9 Å². The maximum Gasteiger partial charge on any atom is 0.126 e. The summed E-state index contributed by atoms with van der Waals surface area (Å²) in [4.78, 5) is 0. The molecular weight excluding hydrogens is 300 g/mol. The lowest BCUT2D eigenvalue weighted by Crippen LogP contribution is -2.46. The summed E-state index contributed by atoms with van der Waals surface area (Å²) in [7, 11) is 0. The molecule has 3 heteroatoms. The van der Waals surface area contributed by atoms with Crippen LogP contribution in [0.3, 0.4) is 0 Å². The standard InChI is InChI=1S/C16H21BrN2/c1-12-8-15(2,3)10-16(9-12,11-18)19-14-6-4-13(17)5-7-14/h4-7,12,19H,8-10H2,1-3H3. The Kier molecular flexibility index (Phi) is 3.92. The summed E-state index contributed by atoms with van der Waals surface area (Å²) in [5, 5.41) is 13.2. The molecule has 1 aliphatic rings. The zero-order valence-corrected chi connectivity index (χ0v) is 13.4. The molecule has 0 heterocycles. The predicted octanol–water partition coefficient (Wildman–Crippen LogP) is 4.97. The number of nitriles is 1. The molecule has 0 bridgehead atoms. The largest absolute Gasteiger partial charge is 0.367 e. The summed E-state index contributed by atoms with van der Waals surface area (Å²) < 4.78 is 1.06. The van der Waals surface area contributed by atoms with E-state index < -0.39 is 5.54 Å². The summed E-state index contributed by atoms with van der Waals surface area (Å²) in [6, 6.07) is 10.6. The van der Waals surface area contributed by atoms with Gasteiger partial charge in [-0.2, -0.15) is 5.26 Å². The number of nitrogens with one attached hydrogen (secondary N) is 1. The number of hydrogen-bond donors (Lipinski definition) is 1. The van der Waals surface area contributed by atoms with Crippen LogP contribution in [-0.4, -0.2) is 5.54 Å². The van der Waals surface area contributed by atoms with E-state index in [4.69, 9.17) is 0 Å². The van der Waals surface area contributed by atoms with Crippen molar-refractivity contribution in [3.8, 4) is 6.07 Å². The fourth-order valence-electron chi connectivity index (χ4n) is 3.59. The molecule has 0 aromatic heterocycles. The van der Waals surface area contributed by atoms with Crippen LogP contribution in [0.25, 0.3) is 0 Å². The molecule has 0 radical (unpaired) electrons. The molecule has 102 valence electrons. The van der Waals surface area contributed by atoms with E-state index in [-0.39, 0.29) is 5.41 Å². The van der Waals surface area contributed by atoms with Gasteiger partial charge in [0.2, 0.25) is 0 Å². The van der Waals surface area contributed by atoms with Crippen molar-refractivity contribution in [2.75, 3.05) is 5.32 Å². The SMILES string of the molecule is CC1CC(C)(C)CC(C#N)(Nc2ccc(Br)cc2)C1. The van der Waals surface area contributed by atoms with E-state index in [0.717, 1.165) is 23.0 Å². The maximum atomic E-state index is 9.69. The quantitative estimate of drug-likeness (QED) is 0.835. The maximum absolute atomic E-state index is 9.69. The predicted molar refractivity (Wildman–Crippen MR) is 82.9 cm³/mol. The molecule has 0 spiro atoms. The smallest absolute Gasteiger partial charge is 0.126 e. The van der Waals surface area contributed by atoms with E-state index in [1.165, 1.54) is 6.42 Å². The Morgan fingerprint density at radius 1 is 1.26 bits per heavy atom. The van der Waals surface area contributed by atoms with Crippen molar-refractivity contribution >= 4 is 21.6 Å². The highest BCUT2D eigenvalue weighted by atomic mass is 79.9. The summed E-state index contributed by atoms with van der Waals surface area (Å²) in [6.07, 6.45) is 3.01. The highest BCUT2D eigenvalue weighted by molar-refractivity contribution is 9.10. The third-order valence-corrected chi connectivity index (χ3v) is 4.35. The minimum Gasteiger partial charge on any atom is -0.367 e. The number of halogens is 1. The molecule has 1 aromatic carbocycles. The zero-order chi connectivity index (χ0) is 14.1. The van der Waals surface area contributed by atoms with Gasteiger partial charge in [0.05, 0.1) is 6.07 Å². The number of rotatable bonds is 2. The van der Waals surface area contributed by atoms with Gasteiger partial charge in [-0.15, -0.1) is 0 Å². The lowest BCUT2D eigenvalue weighted by molar-refractivity contribution is 0.149. The third kappa shape index (κ3) is 3.51. The van der Waals surface area contributed by atoms with Gasteiger partial charge in [-0.25, -0.2) is 0 Å². The van der Waals surface area contributed by atoms with Crippen LogP contribution in [0.1, 0.15) is 40.0 Å². The Labute approximate surface area is 124 Å². The summed E-state index contributed by atoms with van der Waals surface area (Å²) >= 11 is 3.44. The number of benzene rings is 1. The van der Waals surface area contributed by atoms with Crippen LogP contribution in [0.2, 0.25) is 0 Å². The van der Waals surface area contributed by atoms with Gasteiger partial charge in [0.25, 0.3) is 0 Å². The Hall–Kier alpha value is -1.01. The zero-order valence-electron chi connectivity index (χ0n) is 11.8. The molecule has 0 aliphatic heterocycles. The van der Waals surface area contributed by atoms with Gasteiger partial charge in [-0.1, -0.05) is 36.7 Å². The summed E-state index contributed by atoms with van der Waals surface area (Å²) in [6.45, 7) is 6.77. The fraction of sp³-hybridized carbons (Fsp3) is 0.562. The number of anilines is 1. The molecule has 1 aromatic rings. The van der Waals surface area contributed by atoms with Crippen molar-refractivity contribution in [2.24, 2.45) is 11.3 Å². The third-order valence-electron chi connectivity index (χ3n) is 3.82. The molecule has 19 heavy (non-hydrogen) atoms. The molecule has 1 aliphatic carbocycles. The first-order valence-electron chi connectivity index (χ1n) is 6.79. The van der Waals surface area contributed by atoms with Crippen molar-refractivity contribution in [3.63, 3.8) is 0 Å². The molecule has 2 nitrogen and oxygen atoms in total. The van der Waals surface area contributed by atoms with Crippen LogP contribution in [0.4, 0.5) is 5.69 Å². The van der Waals surface area contributed by atoms with E-state index in [0.29, 0.717) is 5.92 Å². The van der Waals surface area contributed by atoms with Crippen LogP contribution < -0.4 is 5.32 Å². The Morgan fingerprint density at radius 2 is 1.89 bits per heavy atom. The fourth-order valence-corrected chi connectivity index (χ4v) is 3.85. The molecule has 2 unspecified atom stereocenters. The van der Waals surface area contributed by atoms with E-state index in [1.807, 2.05) is 24.3 Å². The summed E-state index contributed by atoms with van der Waals surface area (Å²) in [5.41, 5.74) is 0.805. The van der Waals surface area contributed by atoms with Crippen LogP contribution in [0, 0.1) is 22.7 Å². The molecule has 2 atom stereocenters.